The first-order valence-electron chi connectivity index (χ1n) is 7.92. The largest absolute Gasteiger partial charge is 0.463 e. The van der Waals surface area contributed by atoms with E-state index in [0.29, 0.717) is 11.1 Å². The predicted octanol–water partition coefficient (Wildman–Crippen LogP) is 2.01. The molecule has 0 bridgehead atoms. The van der Waals surface area contributed by atoms with E-state index in [0.717, 1.165) is 9.96 Å². The van der Waals surface area contributed by atoms with Crippen molar-refractivity contribution >= 4 is 17.9 Å². The number of benzene rings is 1. The van der Waals surface area contributed by atoms with E-state index in [1.54, 1.807) is 45.0 Å². The van der Waals surface area contributed by atoms with Crippen molar-refractivity contribution in [2.24, 2.45) is 0 Å². The van der Waals surface area contributed by atoms with Gasteiger partial charge in [-0.1, -0.05) is 12.1 Å². The summed E-state index contributed by atoms with van der Waals surface area (Å²) in [6.45, 7) is 5.61. The molecule has 0 fully saturated rings. The molecule has 0 unspecified atom stereocenters. The van der Waals surface area contributed by atoms with Crippen molar-refractivity contribution in [2.45, 2.75) is 26.3 Å². The van der Waals surface area contributed by atoms with Crippen LogP contribution < -0.4 is 0 Å². The number of imide groups is 1. The SMILES string of the molecule is CC(C)(C)N(OCCOCCN1C(=O)c2ccccc2C1=O)C(=O)O. The Morgan fingerprint density at radius 2 is 1.64 bits per heavy atom. The van der Waals surface area contributed by atoms with E-state index in [2.05, 4.69) is 0 Å². The van der Waals surface area contributed by atoms with Crippen molar-refractivity contribution in [1.82, 2.24) is 9.96 Å². The first-order chi connectivity index (χ1) is 11.7. The van der Waals surface area contributed by atoms with Crippen LogP contribution >= 0.6 is 0 Å². The second-order valence-corrected chi connectivity index (χ2v) is 6.50. The number of nitrogens with zero attached hydrogens (tertiary/aromatic N) is 2. The molecule has 1 N–H and O–H groups in total. The van der Waals surface area contributed by atoms with E-state index in [4.69, 9.17) is 14.7 Å². The Kier molecular flexibility index (Phi) is 5.76. The molecule has 0 saturated carbocycles. The highest BCUT2D eigenvalue weighted by Crippen LogP contribution is 2.21. The zero-order chi connectivity index (χ0) is 18.6. The predicted molar refractivity (Wildman–Crippen MR) is 88.2 cm³/mol. The zero-order valence-corrected chi connectivity index (χ0v) is 14.5. The van der Waals surface area contributed by atoms with Gasteiger partial charge in [-0.25, -0.2) is 4.79 Å². The molecule has 136 valence electrons. The van der Waals surface area contributed by atoms with Gasteiger partial charge in [-0.2, -0.15) is 5.06 Å². The fraction of sp³-hybridized carbons (Fsp3) is 0.471. The average Bonchev–Trinajstić information content (AvgIpc) is 2.77. The first kappa shape index (κ1) is 18.9. The van der Waals surface area contributed by atoms with Crippen LogP contribution in [-0.4, -0.2) is 64.9 Å². The lowest BCUT2D eigenvalue weighted by Gasteiger charge is -2.31. The molecule has 0 aliphatic carbocycles. The van der Waals surface area contributed by atoms with Crippen molar-refractivity contribution in [3.05, 3.63) is 35.4 Å². The standard InChI is InChI=1S/C17H22N2O6/c1-17(2,3)19(16(22)23)25-11-10-24-9-8-18-14(20)12-6-4-5-7-13(12)15(18)21/h4-7H,8-11H2,1-3H3,(H,22,23). The number of hydrogen-bond donors (Lipinski definition) is 1. The van der Waals surface area contributed by atoms with Gasteiger partial charge in [-0.05, 0) is 32.9 Å². The number of carbonyl (C=O) groups is 3. The van der Waals surface area contributed by atoms with Gasteiger partial charge in [0.05, 0.1) is 43.0 Å². The number of carboxylic acid groups (broad SMARTS) is 1. The molecule has 3 amide bonds. The minimum atomic E-state index is -1.18. The Balaban J connectivity index is 1.73. The zero-order valence-electron chi connectivity index (χ0n) is 14.5. The first-order valence-corrected chi connectivity index (χ1v) is 7.92. The summed E-state index contributed by atoms with van der Waals surface area (Å²) in [5.41, 5.74) is 0.114. The van der Waals surface area contributed by atoms with Crippen LogP contribution in [0.2, 0.25) is 0 Å². The lowest BCUT2D eigenvalue weighted by atomic mass is 10.1. The van der Waals surface area contributed by atoms with Crippen molar-refractivity contribution in [3.63, 3.8) is 0 Å². The van der Waals surface area contributed by atoms with Crippen LogP contribution in [0.4, 0.5) is 4.79 Å². The maximum Gasteiger partial charge on any atom is 0.431 e. The number of amides is 3. The Hall–Kier alpha value is -2.45. The highest BCUT2D eigenvalue weighted by atomic mass is 16.7. The summed E-state index contributed by atoms with van der Waals surface area (Å²) in [4.78, 5) is 41.7. The third-order valence-corrected chi connectivity index (χ3v) is 3.57. The molecule has 1 aliphatic rings. The Morgan fingerprint density at radius 3 is 2.12 bits per heavy atom. The molecule has 1 heterocycles. The molecule has 0 aromatic heterocycles. The van der Waals surface area contributed by atoms with Gasteiger partial charge in [-0.15, -0.1) is 0 Å². The number of rotatable bonds is 7. The average molecular weight is 350 g/mol. The second-order valence-electron chi connectivity index (χ2n) is 6.50. The Morgan fingerprint density at radius 1 is 1.08 bits per heavy atom. The van der Waals surface area contributed by atoms with E-state index in [9.17, 15) is 14.4 Å². The van der Waals surface area contributed by atoms with Crippen molar-refractivity contribution < 1.29 is 29.1 Å². The summed E-state index contributed by atoms with van der Waals surface area (Å²) in [7, 11) is 0. The van der Waals surface area contributed by atoms with Crippen LogP contribution in [0.15, 0.2) is 24.3 Å². The van der Waals surface area contributed by atoms with Gasteiger partial charge in [0, 0.05) is 0 Å². The number of ether oxygens (including phenoxy) is 1. The molecule has 0 radical (unpaired) electrons. The lowest BCUT2D eigenvalue weighted by Crippen LogP contribution is -2.45. The Labute approximate surface area is 145 Å². The number of carbonyl (C=O) groups excluding carboxylic acids is 2. The molecule has 2 rings (SSSR count). The summed E-state index contributed by atoms with van der Waals surface area (Å²) in [5, 5.41) is 9.94. The molecule has 8 nitrogen and oxygen atoms in total. The molecule has 8 heteroatoms. The summed E-state index contributed by atoms with van der Waals surface area (Å²) in [6, 6.07) is 6.67. The summed E-state index contributed by atoms with van der Waals surface area (Å²) < 4.78 is 5.34. The summed E-state index contributed by atoms with van der Waals surface area (Å²) in [6.07, 6.45) is -1.18. The van der Waals surface area contributed by atoms with Crippen LogP contribution in [0.5, 0.6) is 0 Å². The Bertz CT molecular complexity index is 632. The summed E-state index contributed by atoms with van der Waals surface area (Å²) >= 11 is 0. The highest BCUT2D eigenvalue weighted by Gasteiger charge is 2.34. The normalized spacial score (nSPS) is 14.0. The van der Waals surface area contributed by atoms with Crippen molar-refractivity contribution in [1.29, 1.82) is 0 Å². The quantitative estimate of drug-likeness (QED) is 0.459. The third kappa shape index (κ3) is 4.34. The van der Waals surface area contributed by atoms with Gasteiger partial charge in [0.25, 0.3) is 11.8 Å². The van der Waals surface area contributed by atoms with Gasteiger partial charge >= 0.3 is 6.09 Å². The monoisotopic (exact) mass is 350 g/mol. The minimum absolute atomic E-state index is 0.0473. The topological polar surface area (TPSA) is 96.4 Å². The van der Waals surface area contributed by atoms with Crippen molar-refractivity contribution in [3.8, 4) is 0 Å². The van der Waals surface area contributed by atoms with Gasteiger partial charge in [0.2, 0.25) is 0 Å². The van der Waals surface area contributed by atoms with Crippen molar-refractivity contribution in [2.75, 3.05) is 26.4 Å². The number of fused-ring (bicyclic) bond motifs is 1. The van der Waals surface area contributed by atoms with Gasteiger partial charge in [-0.3, -0.25) is 19.3 Å². The second kappa shape index (κ2) is 7.62. The van der Waals surface area contributed by atoms with Gasteiger partial charge < -0.3 is 9.84 Å². The molecule has 0 atom stereocenters. The molecule has 0 saturated heterocycles. The lowest BCUT2D eigenvalue weighted by molar-refractivity contribution is -0.186. The molecule has 1 aliphatic heterocycles. The summed E-state index contributed by atoms with van der Waals surface area (Å²) in [5.74, 6) is -0.657. The molecule has 0 spiro atoms. The fourth-order valence-electron chi connectivity index (χ4n) is 2.42. The van der Waals surface area contributed by atoms with Crippen LogP contribution in [-0.2, 0) is 9.57 Å². The van der Waals surface area contributed by atoms with Crippen LogP contribution in [0.1, 0.15) is 41.5 Å². The smallest absolute Gasteiger partial charge is 0.431 e. The third-order valence-electron chi connectivity index (χ3n) is 3.57. The van der Waals surface area contributed by atoms with E-state index in [-0.39, 0.29) is 38.2 Å². The van der Waals surface area contributed by atoms with E-state index < -0.39 is 11.6 Å². The van der Waals surface area contributed by atoms with Gasteiger partial charge in [0.1, 0.15) is 0 Å². The van der Waals surface area contributed by atoms with E-state index >= 15 is 0 Å². The number of hydrogen-bond acceptors (Lipinski definition) is 5. The van der Waals surface area contributed by atoms with Gasteiger partial charge in [0.15, 0.2) is 0 Å². The molecule has 25 heavy (non-hydrogen) atoms. The molecule has 1 aromatic rings. The van der Waals surface area contributed by atoms with Crippen LogP contribution in [0, 0.1) is 0 Å². The maximum absolute atomic E-state index is 12.2. The molecule has 1 aromatic carbocycles. The fourth-order valence-corrected chi connectivity index (χ4v) is 2.42. The molecular formula is C17H22N2O6. The minimum Gasteiger partial charge on any atom is -0.463 e. The molecular weight excluding hydrogens is 328 g/mol. The van der Waals surface area contributed by atoms with Crippen LogP contribution in [0.3, 0.4) is 0 Å². The van der Waals surface area contributed by atoms with Crippen LogP contribution in [0.25, 0.3) is 0 Å². The van der Waals surface area contributed by atoms with E-state index in [1.807, 2.05) is 0 Å². The highest BCUT2D eigenvalue weighted by molar-refractivity contribution is 6.21. The van der Waals surface area contributed by atoms with E-state index in [1.165, 1.54) is 0 Å². The maximum atomic E-state index is 12.2. The number of hydroxylamine groups is 2.